The van der Waals surface area contributed by atoms with Crippen molar-refractivity contribution in [1.29, 1.82) is 0 Å². The molecule has 0 amide bonds. The highest BCUT2D eigenvalue weighted by atomic mass is 32.2. The van der Waals surface area contributed by atoms with Gasteiger partial charge in [-0.3, -0.25) is 0 Å². The molecule has 1 N–H and O–H groups in total. The van der Waals surface area contributed by atoms with Crippen LogP contribution in [0.3, 0.4) is 0 Å². The van der Waals surface area contributed by atoms with Crippen molar-refractivity contribution in [2.45, 2.75) is 24.3 Å². The minimum absolute atomic E-state index is 0.00630. The molecule has 1 heterocycles. The fourth-order valence-corrected chi connectivity index (χ4v) is 3.98. The fraction of sp³-hybridized carbons (Fsp3) is 0.500. The molecule has 7 heteroatoms. The number of nitrogens with zero attached hydrogens (tertiary/aromatic N) is 1. The molecule has 0 aromatic heterocycles. The van der Waals surface area contributed by atoms with E-state index in [0.29, 0.717) is 12.5 Å². The maximum Gasteiger partial charge on any atom is 0.335 e. The molecule has 116 valence electrons. The Bertz CT molecular complexity index is 628. The summed E-state index contributed by atoms with van der Waals surface area (Å²) in [6, 6.07) is 5.42. The molecule has 0 saturated carbocycles. The Labute approximate surface area is 124 Å². The van der Waals surface area contributed by atoms with Gasteiger partial charge in [0.15, 0.2) is 0 Å². The van der Waals surface area contributed by atoms with Gasteiger partial charge in [0.1, 0.15) is 0 Å². The van der Waals surface area contributed by atoms with Crippen LogP contribution in [0.1, 0.15) is 23.7 Å². The minimum Gasteiger partial charge on any atom is -0.478 e. The Hall–Kier alpha value is -1.44. The number of ether oxygens (including phenoxy) is 1. The van der Waals surface area contributed by atoms with Gasteiger partial charge in [-0.15, -0.1) is 0 Å². The molecular formula is C14H19NO5S. The number of sulfonamides is 1. The van der Waals surface area contributed by atoms with Crippen molar-refractivity contribution in [3.8, 4) is 0 Å². The highest BCUT2D eigenvalue weighted by molar-refractivity contribution is 7.89. The van der Waals surface area contributed by atoms with Gasteiger partial charge in [0.25, 0.3) is 0 Å². The molecule has 1 fully saturated rings. The van der Waals surface area contributed by atoms with E-state index in [1.165, 1.54) is 28.6 Å². The van der Waals surface area contributed by atoms with Crippen molar-refractivity contribution in [3.63, 3.8) is 0 Å². The second-order valence-electron chi connectivity index (χ2n) is 5.24. The molecule has 1 aliphatic heterocycles. The molecule has 2 atom stereocenters. The summed E-state index contributed by atoms with van der Waals surface area (Å²) in [5.41, 5.74) is -0.0373. The van der Waals surface area contributed by atoms with Gasteiger partial charge in [0.05, 0.1) is 16.6 Å². The number of hydrogen-bond acceptors (Lipinski definition) is 4. The van der Waals surface area contributed by atoms with Crippen LogP contribution in [0.15, 0.2) is 29.2 Å². The second-order valence-corrected chi connectivity index (χ2v) is 7.17. The average Bonchev–Trinajstić information content (AvgIpc) is 2.47. The van der Waals surface area contributed by atoms with E-state index in [-0.39, 0.29) is 23.1 Å². The van der Waals surface area contributed by atoms with Crippen molar-refractivity contribution in [3.05, 3.63) is 29.8 Å². The average molecular weight is 313 g/mol. The molecule has 0 aliphatic carbocycles. The van der Waals surface area contributed by atoms with Gasteiger partial charge < -0.3 is 9.84 Å². The SMILES string of the molecule is COC1CN(S(=O)(=O)c2cccc(C(=O)O)c2)CCC1C. The number of carbonyl (C=O) groups is 1. The number of carboxylic acid groups (broad SMARTS) is 1. The lowest BCUT2D eigenvalue weighted by Gasteiger charge is -2.35. The lowest BCUT2D eigenvalue weighted by Crippen LogP contribution is -2.46. The third kappa shape index (κ3) is 3.25. The molecule has 0 spiro atoms. The maximum absolute atomic E-state index is 12.6. The largest absolute Gasteiger partial charge is 0.478 e. The molecule has 2 rings (SSSR count). The summed E-state index contributed by atoms with van der Waals surface area (Å²) < 4.78 is 31.9. The number of hydrogen-bond donors (Lipinski definition) is 1. The van der Waals surface area contributed by atoms with Crippen molar-refractivity contribution < 1.29 is 23.1 Å². The number of piperidine rings is 1. The van der Waals surface area contributed by atoms with Crippen LogP contribution in [0.25, 0.3) is 0 Å². The molecule has 2 unspecified atom stereocenters. The van der Waals surface area contributed by atoms with E-state index in [1.807, 2.05) is 6.92 Å². The second kappa shape index (κ2) is 6.13. The van der Waals surface area contributed by atoms with Crippen LogP contribution in [0.2, 0.25) is 0 Å². The molecule has 6 nitrogen and oxygen atoms in total. The first-order chi connectivity index (χ1) is 9.86. The summed E-state index contributed by atoms with van der Waals surface area (Å²) in [6.07, 6.45) is 0.576. The van der Waals surface area contributed by atoms with Gasteiger partial charge in [-0.1, -0.05) is 13.0 Å². The quantitative estimate of drug-likeness (QED) is 0.909. The Kier molecular flexibility index (Phi) is 4.65. The summed E-state index contributed by atoms with van der Waals surface area (Å²) in [5.74, 6) is -0.846. The van der Waals surface area contributed by atoms with Crippen LogP contribution < -0.4 is 0 Å². The van der Waals surface area contributed by atoms with Gasteiger partial charge in [-0.05, 0) is 30.5 Å². The van der Waals surface area contributed by atoms with Crippen LogP contribution in [0, 0.1) is 5.92 Å². The number of carboxylic acids is 1. The predicted molar refractivity (Wildman–Crippen MR) is 76.7 cm³/mol. The molecule has 1 aromatic carbocycles. The zero-order valence-electron chi connectivity index (χ0n) is 12.0. The van der Waals surface area contributed by atoms with Crippen LogP contribution >= 0.6 is 0 Å². The van der Waals surface area contributed by atoms with Gasteiger partial charge in [0.2, 0.25) is 10.0 Å². The van der Waals surface area contributed by atoms with E-state index in [4.69, 9.17) is 9.84 Å². The molecule has 1 aliphatic rings. The van der Waals surface area contributed by atoms with E-state index in [1.54, 1.807) is 7.11 Å². The smallest absolute Gasteiger partial charge is 0.335 e. The highest BCUT2D eigenvalue weighted by Gasteiger charge is 2.34. The van der Waals surface area contributed by atoms with Crippen molar-refractivity contribution in [1.82, 2.24) is 4.31 Å². The van der Waals surface area contributed by atoms with E-state index in [2.05, 4.69) is 0 Å². The molecular weight excluding hydrogens is 294 g/mol. The standard InChI is InChI=1S/C14H19NO5S/c1-10-6-7-15(9-13(10)20-2)21(18,19)12-5-3-4-11(8-12)14(16)17/h3-5,8,10,13H,6-7,9H2,1-2H3,(H,16,17). The van der Waals surface area contributed by atoms with E-state index in [9.17, 15) is 13.2 Å². The third-order valence-electron chi connectivity index (χ3n) is 3.87. The van der Waals surface area contributed by atoms with Gasteiger partial charge in [0, 0.05) is 20.2 Å². The minimum atomic E-state index is -3.69. The van der Waals surface area contributed by atoms with Crippen LogP contribution in [-0.2, 0) is 14.8 Å². The maximum atomic E-state index is 12.6. The van der Waals surface area contributed by atoms with Gasteiger partial charge in [-0.25, -0.2) is 13.2 Å². The normalized spacial score (nSPS) is 23.9. The van der Waals surface area contributed by atoms with E-state index < -0.39 is 16.0 Å². The molecule has 0 radical (unpaired) electrons. The third-order valence-corrected chi connectivity index (χ3v) is 5.73. The summed E-state index contributed by atoms with van der Waals surface area (Å²) in [4.78, 5) is 11.0. The van der Waals surface area contributed by atoms with E-state index in [0.717, 1.165) is 6.42 Å². The Morgan fingerprint density at radius 1 is 1.43 bits per heavy atom. The van der Waals surface area contributed by atoms with Crippen LogP contribution in [-0.4, -0.2) is 50.1 Å². The van der Waals surface area contributed by atoms with Crippen molar-refractivity contribution in [2.75, 3.05) is 20.2 Å². The summed E-state index contributed by atoms with van der Waals surface area (Å²) in [6.45, 7) is 2.74. The fourth-order valence-electron chi connectivity index (χ4n) is 2.47. The summed E-state index contributed by atoms with van der Waals surface area (Å²) in [7, 11) is -2.12. The van der Waals surface area contributed by atoms with Gasteiger partial charge >= 0.3 is 5.97 Å². The number of methoxy groups -OCH3 is 1. The number of benzene rings is 1. The summed E-state index contributed by atoms with van der Waals surface area (Å²) in [5, 5.41) is 8.97. The van der Waals surface area contributed by atoms with Crippen molar-refractivity contribution in [2.24, 2.45) is 5.92 Å². The van der Waals surface area contributed by atoms with E-state index >= 15 is 0 Å². The lowest BCUT2D eigenvalue weighted by atomic mass is 9.97. The first kappa shape index (κ1) is 15.9. The molecule has 0 bridgehead atoms. The molecule has 1 aromatic rings. The first-order valence-electron chi connectivity index (χ1n) is 6.72. The Balaban J connectivity index is 2.30. The topological polar surface area (TPSA) is 83.9 Å². The predicted octanol–water partition coefficient (Wildman–Crippen LogP) is 1.43. The lowest BCUT2D eigenvalue weighted by molar-refractivity contribution is 0.0184. The molecule has 1 saturated heterocycles. The van der Waals surface area contributed by atoms with Gasteiger partial charge in [-0.2, -0.15) is 4.31 Å². The van der Waals surface area contributed by atoms with Crippen LogP contribution in [0.4, 0.5) is 0 Å². The Morgan fingerprint density at radius 3 is 2.76 bits per heavy atom. The monoisotopic (exact) mass is 313 g/mol. The van der Waals surface area contributed by atoms with Crippen LogP contribution in [0.5, 0.6) is 0 Å². The summed E-state index contributed by atoms with van der Waals surface area (Å²) >= 11 is 0. The molecule has 21 heavy (non-hydrogen) atoms. The zero-order chi connectivity index (χ0) is 15.6. The zero-order valence-corrected chi connectivity index (χ0v) is 12.8. The number of rotatable bonds is 4. The first-order valence-corrected chi connectivity index (χ1v) is 8.16. The Morgan fingerprint density at radius 2 is 2.14 bits per heavy atom. The van der Waals surface area contributed by atoms with Crippen molar-refractivity contribution >= 4 is 16.0 Å². The number of aromatic carboxylic acids is 1. The highest BCUT2D eigenvalue weighted by Crippen LogP contribution is 2.25.